The Morgan fingerprint density at radius 3 is 2.64 bits per heavy atom. The number of esters is 1. The van der Waals surface area contributed by atoms with Crippen LogP contribution in [-0.2, 0) is 17.6 Å². The van der Waals surface area contributed by atoms with E-state index < -0.39 is 0 Å². The van der Waals surface area contributed by atoms with E-state index in [0.717, 1.165) is 30.0 Å². The fourth-order valence-corrected chi connectivity index (χ4v) is 3.70. The monoisotopic (exact) mass is 339 g/mol. The number of ketones is 1. The van der Waals surface area contributed by atoms with Gasteiger partial charge in [0.15, 0.2) is 11.5 Å². The van der Waals surface area contributed by atoms with Crippen molar-refractivity contribution in [3.63, 3.8) is 0 Å². The third-order valence-electron chi connectivity index (χ3n) is 5.17. The van der Waals surface area contributed by atoms with Crippen LogP contribution in [0.2, 0.25) is 0 Å². The SMILES string of the molecule is COC(=O)c1ccc(Cc2onc3c2C(=O)CC(CC2CC2)C3)cc1. The van der Waals surface area contributed by atoms with E-state index in [9.17, 15) is 9.59 Å². The highest BCUT2D eigenvalue weighted by atomic mass is 16.5. The van der Waals surface area contributed by atoms with Crippen LogP contribution in [0.3, 0.4) is 0 Å². The quantitative estimate of drug-likeness (QED) is 0.779. The van der Waals surface area contributed by atoms with Crippen molar-refractivity contribution in [3.05, 3.63) is 52.4 Å². The zero-order valence-electron chi connectivity index (χ0n) is 14.3. The maximum atomic E-state index is 12.6. The van der Waals surface area contributed by atoms with E-state index in [0.29, 0.717) is 35.6 Å². The Morgan fingerprint density at radius 2 is 1.96 bits per heavy atom. The zero-order chi connectivity index (χ0) is 17.4. The van der Waals surface area contributed by atoms with Crippen LogP contribution in [0.4, 0.5) is 0 Å². The smallest absolute Gasteiger partial charge is 0.337 e. The predicted octanol–water partition coefficient (Wildman–Crippen LogP) is 3.60. The lowest BCUT2D eigenvalue weighted by Crippen LogP contribution is -2.21. The van der Waals surface area contributed by atoms with Crippen LogP contribution in [0.25, 0.3) is 0 Å². The van der Waals surface area contributed by atoms with Gasteiger partial charge in [-0.15, -0.1) is 0 Å². The molecule has 0 N–H and O–H groups in total. The van der Waals surface area contributed by atoms with E-state index in [1.165, 1.54) is 20.0 Å². The third-order valence-corrected chi connectivity index (χ3v) is 5.17. The predicted molar refractivity (Wildman–Crippen MR) is 90.6 cm³/mol. The Kier molecular flexibility index (Phi) is 4.15. The van der Waals surface area contributed by atoms with E-state index in [2.05, 4.69) is 5.16 Å². The number of hydrogen-bond donors (Lipinski definition) is 0. The molecule has 0 spiro atoms. The molecule has 1 saturated carbocycles. The van der Waals surface area contributed by atoms with Crippen LogP contribution in [0.15, 0.2) is 28.8 Å². The molecule has 1 aromatic carbocycles. The first-order valence-electron chi connectivity index (χ1n) is 8.82. The lowest BCUT2D eigenvalue weighted by atomic mass is 9.82. The first-order valence-corrected chi connectivity index (χ1v) is 8.82. The van der Waals surface area contributed by atoms with Crippen molar-refractivity contribution in [2.75, 3.05) is 7.11 Å². The van der Waals surface area contributed by atoms with Crippen LogP contribution < -0.4 is 0 Å². The van der Waals surface area contributed by atoms with Crippen LogP contribution >= 0.6 is 0 Å². The molecule has 1 unspecified atom stereocenters. The molecule has 2 aliphatic carbocycles. The van der Waals surface area contributed by atoms with E-state index >= 15 is 0 Å². The summed E-state index contributed by atoms with van der Waals surface area (Å²) in [6, 6.07) is 7.14. The summed E-state index contributed by atoms with van der Waals surface area (Å²) in [5.74, 6) is 1.68. The van der Waals surface area contributed by atoms with Gasteiger partial charge in [-0.1, -0.05) is 30.1 Å². The molecule has 0 amide bonds. The first-order chi connectivity index (χ1) is 12.1. The van der Waals surface area contributed by atoms with Gasteiger partial charge in [0.25, 0.3) is 0 Å². The molecule has 4 rings (SSSR count). The molecule has 2 aromatic rings. The van der Waals surface area contributed by atoms with Crippen LogP contribution in [-0.4, -0.2) is 24.0 Å². The fourth-order valence-electron chi connectivity index (χ4n) is 3.70. The number of rotatable bonds is 5. The number of fused-ring (bicyclic) bond motifs is 1. The summed E-state index contributed by atoms with van der Waals surface area (Å²) in [5, 5.41) is 4.17. The number of methoxy groups -OCH3 is 1. The van der Waals surface area contributed by atoms with Crippen molar-refractivity contribution in [2.24, 2.45) is 11.8 Å². The molecular formula is C20H21NO4. The summed E-state index contributed by atoms with van der Waals surface area (Å²) in [6.45, 7) is 0. The van der Waals surface area contributed by atoms with E-state index in [1.54, 1.807) is 12.1 Å². The second-order valence-corrected chi connectivity index (χ2v) is 7.17. The minimum absolute atomic E-state index is 0.161. The molecule has 1 fully saturated rings. The summed E-state index contributed by atoms with van der Waals surface area (Å²) in [7, 11) is 1.36. The topological polar surface area (TPSA) is 69.4 Å². The number of ether oxygens (including phenoxy) is 1. The fraction of sp³-hybridized carbons (Fsp3) is 0.450. The normalized spacial score (nSPS) is 19.6. The summed E-state index contributed by atoms with van der Waals surface area (Å²) < 4.78 is 10.2. The van der Waals surface area contributed by atoms with Crippen LogP contribution in [0, 0.1) is 11.8 Å². The minimum Gasteiger partial charge on any atom is -0.465 e. The number of carbonyl (C=O) groups excluding carboxylic acids is 2. The number of nitrogens with zero attached hydrogens (tertiary/aromatic N) is 1. The number of aromatic nitrogens is 1. The standard InChI is InChI=1S/C20H21NO4/c1-24-20(23)15-6-4-13(5-7-15)11-18-19-16(21-25-18)9-14(10-17(19)22)8-12-2-3-12/h4-7,12,14H,2-3,8-11H2,1H3. The molecule has 2 aliphatic rings. The minimum atomic E-state index is -0.361. The highest BCUT2D eigenvalue weighted by molar-refractivity contribution is 5.99. The summed E-state index contributed by atoms with van der Waals surface area (Å²) in [5.41, 5.74) is 2.98. The maximum Gasteiger partial charge on any atom is 0.337 e. The van der Waals surface area contributed by atoms with Gasteiger partial charge in [-0.05, 0) is 42.4 Å². The van der Waals surface area contributed by atoms with E-state index in [1.807, 2.05) is 12.1 Å². The molecule has 0 radical (unpaired) electrons. The average Bonchev–Trinajstić information content (AvgIpc) is 3.33. The van der Waals surface area contributed by atoms with Gasteiger partial charge in [0.2, 0.25) is 0 Å². The number of benzene rings is 1. The lowest BCUT2D eigenvalue weighted by molar-refractivity contribution is 0.0600. The van der Waals surface area contributed by atoms with Gasteiger partial charge in [0.1, 0.15) is 0 Å². The summed E-state index contributed by atoms with van der Waals surface area (Å²) >= 11 is 0. The third kappa shape index (κ3) is 3.36. The van der Waals surface area contributed by atoms with Gasteiger partial charge in [-0.2, -0.15) is 0 Å². The number of hydrogen-bond acceptors (Lipinski definition) is 5. The molecule has 5 heteroatoms. The van der Waals surface area contributed by atoms with Gasteiger partial charge >= 0.3 is 5.97 Å². The Morgan fingerprint density at radius 1 is 1.20 bits per heavy atom. The van der Waals surface area contributed by atoms with Crippen molar-refractivity contribution in [3.8, 4) is 0 Å². The van der Waals surface area contributed by atoms with Gasteiger partial charge in [-0.3, -0.25) is 4.79 Å². The van der Waals surface area contributed by atoms with E-state index in [4.69, 9.17) is 9.26 Å². The summed E-state index contributed by atoms with van der Waals surface area (Å²) in [4.78, 5) is 24.1. The average molecular weight is 339 g/mol. The molecule has 1 aromatic heterocycles. The van der Waals surface area contributed by atoms with E-state index in [-0.39, 0.29) is 11.8 Å². The second kappa shape index (κ2) is 6.47. The first kappa shape index (κ1) is 16.1. The largest absolute Gasteiger partial charge is 0.465 e. The highest BCUT2D eigenvalue weighted by Gasteiger charge is 2.34. The Bertz CT molecular complexity index is 802. The van der Waals surface area contributed by atoms with Crippen molar-refractivity contribution >= 4 is 11.8 Å². The van der Waals surface area contributed by atoms with Crippen molar-refractivity contribution in [1.82, 2.24) is 5.16 Å². The molecule has 1 atom stereocenters. The number of Topliss-reactive ketones (excluding diaryl/α,β-unsaturated/α-hetero) is 1. The Labute approximate surface area is 146 Å². The van der Waals surface area contributed by atoms with Gasteiger partial charge in [0, 0.05) is 12.8 Å². The molecule has 0 saturated heterocycles. The maximum absolute atomic E-state index is 12.6. The van der Waals surface area contributed by atoms with Gasteiger partial charge in [-0.25, -0.2) is 4.79 Å². The van der Waals surface area contributed by atoms with Crippen molar-refractivity contribution < 1.29 is 18.8 Å². The van der Waals surface area contributed by atoms with Gasteiger partial charge < -0.3 is 9.26 Å². The second-order valence-electron chi connectivity index (χ2n) is 7.17. The zero-order valence-corrected chi connectivity index (χ0v) is 14.3. The van der Waals surface area contributed by atoms with Crippen molar-refractivity contribution in [2.45, 2.75) is 38.5 Å². The van der Waals surface area contributed by atoms with Crippen molar-refractivity contribution in [1.29, 1.82) is 0 Å². The summed E-state index contributed by atoms with van der Waals surface area (Å²) in [6.07, 6.45) is 5.72. The molecule has 130 valence electrons. The molecule has 1 heterocycles. The van der Waals surface area contributed by atoms with Crippen LogP contribution in [0.1, 0.15) is 63.4 Å². The highest BCUT2D eigenvalue weighted by Crippen LogP contribution is 2.40. The molecular weight excluding hydrogens is 318 g/mol. The lowest BCUT2D eigenvalue weighted by Gasteiger charge is -2.19. The number of carbonyl (C=O) groups is 2. The Hall–Kier alpha value is -2.43. The molecule has 5 nitrogen and oxygen atoms in total. The molecule has 0 bridgehead atoms. The Balaban J connectivity index is 1.50. The van der Waals surface area contributed by atoms with Gasteiger partial charge in [0.05, 0.1) is 23.9 Å². The van der Waals surface area contributed by atoms with Crippen LogP contribution in [0.5, 0.6) is 0 Å². The molecule has 0 aliphatic heterocycles. The molecule has 25 heavy (non-hydrogen) atoms.